The number of pyridine rings is 1. The Morgan fingerprint density at radius 3 is 2.47 bits per heavy atom. The molecule has 1 aromatic carbocycles. The van der Waals surface area contributed by atoms with E-state index in [9.17, 15) is 0 Å². The zero-order chi connectivity index (χ0) is 25.4. The maximum Gasteiger partial charge on any atom is 0.178 e. The van der Waals surface area contributed by atoms with E-state index < -0.39 is 0 Å². The first-order valence-corrected chi connectivity index (χ1v) is 12.1. The third kappa shape index (κ3) is 4.50. The lowest BCUT2D eigenvalue weighted by Crippen LogP contribution is -2.29. The van der Waals surface area contributed by atoms with Crippen LogP contribution >= 0.6 is 0 Å². The SMILES string of the molecule is C=C(/N=C(C)\C=C(\C)N)c1cc(-c2nc(C)cc(C)n2)nc(N2c3ccccc3C3C=CC=CC32)c1. The van der Waals surface area contributed by atoms with E-state index in [1.165, 1.54) is 5.56 Å². The predicted molar refractivity (Wildman–Crippen MR) is 148 cm³/mol. The van der Waals surface area contributed by atoms with Crippen molar-refractivity contribution in [3.8, 4) is 11.5 Å². The third-order valence-electron chi connectivity index (χ3n) is 6.31. The molecule has 0 saturated carbocycles. The first kappa shape index (κ1) is 23.4. The van der Waals surface area contributed by atoms with E-state index in [0.29, 0.717) is 22.9 Å². The number of aryl methyl sites for hydroxylation is 2. The molecule has 2 N–H and O–H groups in total. The van der Waals surface area contributed by atoms with Gasteiger partial charge in [-0.05, 0) is 63.6 Å². The fourth-order valence-corrected chi connectivity index (χ4v) is 4.96. The third-order valence-corrected chi connectivity index (χ3v) is 6.31. The molecule has 0 amide bonds. The second-order valence-corrected chi connectivity index (χ2v) is 9.38. The van der Waals surface area contributed by atoms with E-state index in [1.54, 1.807) is 0 Å². The highest BCUT2D eigenvalue weighted by molar-refractivity contribution is 5.97. The van der Waals surface area contributed by atoms with Crippen LogP contribution < -0.4 is 10.6 Å². The first-order valence-electron chi connectivity index (χ1n) is 12.1. The van der Waals surface area contributed by atoms with Crippen LogP contribution in [0, 0.1) is 13.8 Å². The number of hydrogen-bond donors (Lipinski definition) is 1. The molecule has 3 aromatic rings. The molecule has 2 unspecified atom stereocenters. The largest absolute Gasteiger partial charge is 0.402 e. The van der Waals surface area contributed by atoms with Gasteiger partial charge in [0.25, 0.3) is 0 Å². The standard InChI is InChI=1S/C30H30N6/c1-18(31)14-19(2)32-22(5)23-16-26(30-33-20(3)15-21(4)34-30)35-29(17-23)36-27-12-8-6-10-24(27)25-11-7-9-13-28(25)36/h6-17,24,27H,5,31H2,1-4H3/b18-14-,32-19-. The lowest BCUT2D eigenvalue weighted by Gasteiger charge is -2.28. The molecule has 0 saturated heterocycles. The lowest BCUT2D eigenvalue weighted by atomic mass is 9.91. The number of para-hydroxylation sites is 1. The van der Waals surface area contributed by atoms with Gasteiger partial charge in [-0.1, -0.05) is 49.1 Å². The molecule has 2 aromatic heterocycles. The Kier molecular flexibility index (Phi) is 6.10. The predicted octanol–water partition coefficient (Wildman–Crippen LogP) is 6.18. The van der Waals surface area contributed by atoms with Crippen molar-refractivity contribution in [3.63, 3.8) is 0 Å². The fraction of sp³-hybridized carbons (Fsp3) is 0.200. The Balaban J connectivity index is 1.69. The van der Waals surface area contributed by atoms with E-state index in [4.69, 9.17) is 15.7 Å². The van der Waals surface area contributed by atoms with E-state index in [0.717, 1.165) is 34.2 Å². The van der Waals surface area contributed by atoms with Gasteiger partial charge in [0.1, 0.15) is 11.5 Å². The first-order chi connectivity index (χ1) is 17.3. The molecule has 5 rings (SSSR count). The highest BCUT2D eigenvalue weighted by atomic mass is 15.2. The summed E-state index contributed by atoms with van der Waals surface area (Å²) in [6.07, 6.45) is 10.5. The smallest absolute Gasteiger partial charge is 0.178 e. The minimum Gasteiger partial charge on any atom is -0.402 e. The van der Waals surface area contributed by atoms with Crippen molar-refractivity contribution < 1.29 is 0 Å². The van der Waals surface area contributed by atoms with Gasteiger partial charge in [-0.3, -0.25) is 4.99 Å². The number of aliphatic imine (C=N–C) groups is 1. The van der Waals surface area contributed by atoms with Crippen LogP contribution in [0.3, 0.4) is 0 Å². The van der Waals surface area contributed by atoms with Gasteiger partial charge in [0.05, 0.1) is 11.7 Å². The second kappa shape index (κ2) is 9.38. The van der Waals surface area contributed by atoms with Crippen molar-refractivity contribution in [3.05, 3.63) is 108 Å². The molecular weight excluding hydrogens is 444 g/mol. The van der Waals surface area contributed by atoms with Gasteiger partial charge in [-0.15, -0.1) is 0 Å². The number of anilines is 2. The summed E-state index contributed by atoms with van der Waals surface area (Å²) in [7, 11) is 0. The molecule has 36 heavy (non-hydrogen) atoms. The summed E-state index contributed by atoms with van der Waals surface area (Å²) in [4.78, 5) is 21.5. The fourth-order valence-electron chi connectivity index (χ4n) is 4.96. The summed E-state index contributed by atoms with van der Waals surface area (Å²) >= 11 is 0. The highest BCUT2D eigenvalue weighted by Crippen LogP contribution is 2.47. The number of allylic oxidation sites excluding steroid dienone is 4. The molecule has 0 spiro atoms. The van der Waals surface area contributed by atoms with Crippen LogP contribution in [0.25, 0.3) is 17.2 Å². The molecule has 1 aliphatic carbocycles. The maximum absolute atomic E-state index is 5.86. The summed E-state index contributed by atoms with van der Waals surface area (Å²) in [5.41, 5.74) is 13.7. The number of fused-ring (bicyclic) bond motifs is 3. The number of nitrogens with zero attached hydrogens (tertiary/aromatic N) is 5. The van der Waals surface area contributed by atoms with Gasteiger partial charge in [0.15, 0.2) is 5.82 Å². The molecule has 2 atom stereocenters. The Hall–Kier alpha value is -4.32. The molecule has 0 bridgehead atoms. The van der Waals surface area contributed by atoms with Crippen molar-refractivity contribution in [1.82, 2.24) is 15.0 Å². The molecule has 3 heterocycles. The van der Waals surface area contributed by atoms with Gasteiger partial charge in [0, 0.05) is 40.0 Å². The summed E-state index contributed by atoms with van der Waals surface area (Å²) in [5, 5.41) is 0. The van der Waals surface area contributed by atoms with E-state index >= 15 is 0 Å². The number of aromatic nitrogens is 3. The zero-order valence-corrected chi connectivity index (χ0v) is 21.1. The van der Waals surface area contributed by atoms with Crippen LogP contribution in [0.5, 0.6) is 0 Å². The van der Waals surface area contributed by atoms with Crippen molar-refractivity contribution >= 4 is 22.9 Å². The van der Waals surface area contributed by atoms with E-state index in [-0.39, 0.29) is 12.0 Å². The topological polar surface area (TPSA) is 80.3 Å². The van der Waals surface area contributed by atoms with Crippen molar-refractivity contribution in [2.75, 3.05) is 4.90 Å². The molecule has 180 valence electrons. The maximum atomic E-state index is 5.86. The molecule has 0 fully saturated rings. The van der Waals surface area contributed by atoms with Gasteiger partial charge in [-0.25, -0.2) is 15.0 Å². The average molecular weight is 475 g/mol. The van der Waals surface area contributed by atoms with E-state index in [2.05, 4.69) is 76.1 Å². The summed E-state index contributed by atoms with van der Waals surface area (Å²) < 4.78 is 0. The van der Waals surface area contributed by atoms with Gasteiger partial charge < -0.3 is 10.6 Å². The van der Waals surface area contributed by atoms with Crippen LogP contribution in [-0.4, -0.2) is 26.7 Å². The number of benzene rings is 1. The average Bonchev–Trinajstić information content (AvgIpc) is 3.17. The Labute approximate surface area is 212 Å². The lowest BCUT2D eigenvalue weighted by molar-refractivity contribution is 0.738. The van der Waals surface area contributed by atoms with E-state index in [1.807, 2.05) is 45.9 Å². The minimum absolute atomic E-state index is 0.129. The zero-order valence-electron chi connectivity index (χ0n) is 21.1. The Bertz CT molecular complexity index is 1450. The molecule has 0 radical (unpaired) electrons. The molecule has 2 aliphatic rings. The molecule has 6 heteroatoms. The van der Waals surface area contributed by atoms with Crippen LogP contribution in [0.15, 0.2) is 90.1 Å². The summed E-state index contributed by atoms with van der Waals surface area (Å²) in [5.74, 6) is 1.66. The second-order valence-electron chi connectivity index (χ2n) is 9.38. The monoisotopic (exact) mass is 474 g/mol. The van der Waals surface area contributed by atoms with Crippen LogP contribution in [0.1, 0.15) is 42.3 Å². The highest BCUT2D eigenvalue weighted by Gasteiger charge is 2.38. The van der Waals surface area contributed by atoms with Crippen molar-refractivity contribution in [1.29, 1.82) is 0 Å². The van der Waals surface area contributed by atoms with Crippen molar-refractivity contribution in [2.24, 2.45) is 10.7 Å². The van der Waals surface area contributed by atoms with Gasteiger partial charge >= 0.3 is 0 Å². The van der Waals surface area contributed by atoms with Crippen LogP contribution in [0.4, 0.5) is 11.5 Å². The number of rotatable bonds is 5. The summed E-state index contributed by atoms with van der Waals surface area (Å²) in [6, 6.07) is 14.6. The Morgan fingerprint density at radius 2 is 1.72 bits per heavy atom. The van der Waals surface area contributed by atoms with Gasteiger partial charge in [0.2, 0.25) is 0 Å². The van der Waals surface area contributed by atoms with Crippen LogP contribution in [-0.2, 0) is 0 Å². The molecule has 6 nitrogen and oxygen atoms in total. The normalized spacial score (nSPS) is 18.8. The Morgan fingerprint density at radius 1 is 1.00 bits per heavy atom. The number of hydrogen-bond acceptors (Lipinski definition) is 6. The number of nitrogens with two attached hydrogens (primary N) is 1. The van der Waals surface area contributed by atoms with Crippen molar-refractivity contribution in [2.45, 2.75) is 39.7 Å². The summed E-state index contributed by atoms with van der Waals surface area (Å²) in [6.45, 7) is 12.0. The van der Waals surface area contributed by atoms with Crippen LogP contribution in [0.2, 0.25) is 0 Å². The minimum atomic E-state index is 0.129. The van der Waals surface area contributed by atoms with Gasteiger partial charge in [-0.2, -0.15) is 0 Å². The molecule has 1 aliphatic heterocycles. The quantitative estimate of drug-likeness (QED) is 0.447. The molecular formula is C30H30N6.